The number of likely N-dealkylation sites (N-methyl/N-ethyl adjacent to an activating group) is 1. The van der Waals surface area contributed by atoms with Gasteiger partial charge in [-0.1, -0.05) is 5.16 Å². The van der Waals surface area contributed by atoms with Gasteiger partial charge in [-0.15, -0.1) is 0 Å². The number of carbonyl (C=O) groups excluding carboxylic acids is 1. The first-order chi connectivity index (χ1) is 13.5. The molecule has 0 unspecified atom stereocenters. The molecule has 0 spiro atoms. The predicted octanol–water partition coefficient (Wildman–Crippen LogP) is 2.35. The van der Waals surface area contributed by atoms with Crippen molar-refractivity contribution in [2.75, 3.05) is 43.4 Å². The molecule has 4 heterocycles. The second-order valence-corrected chi connectivity index (χ2v) is 6.87. The fourth-order valence-corrected chi connectivity index (χ4v) is 3.12. The van der Waals surface area contributed by atoms with E-state index in [4.69, 9.17) is 8.94 Å². The number of aryl methyl sites for hydroxylation is 2. The molecule has 0 aliphatic carbocycles. The monoisotopic (exact) mass is 382 g/mol. The zero-order valence-electron chi connectivity index (χ0n) is 16.1. The van der Waals surface area contributed by atoms with Gasteiger partial charge in [0, 0.05) is 32.2 Å². The van der Waals surface area contributed by atoms with Crippen LogP contribution in [0.25, 0.3) is 11.5 Å². The van der Waals surface area contributed by atoms with Crippen molar-refractivity contribution in [1.29, 1.82) is 0 Å². The molecule has 4 rings (SSSR count). The van der Waals surface area contributed by atoms with E-state index in [1.165, 1.54) is 12.3 Å². The van der Waals surface area contributed by atoms with Crippen LogP contribution in [0.4, 0.5) is 11.6 Å². The lowest BCUT2D eigenvalue weighted by Gasteiger charge is -2.32. The van der Waals surface area contributed by atoms with Gasteiger partial charge in [0.1, 0.15) is 0 Å². The minimum atomic E-state index is -0.385. The summed E-state index contributed by atoms with van der Waals surface area (Å²) in [6.07, 6.45) is 1.53. The molecule has 1 amide bonds. The number of piperazine rings is 1. The molecule has 28 heavy (non-hydrogen) atoms. The molecule has 0 radical (unpaired) electrons. The van der Waals surface area contributed by atoms with Crippen molar-refractivity contribution in [1.82, 2.24) is 20.0 Å². The number of furan rings is 1. The van der Waals surface area contributed by atoms with Crippen LogP contribution < -0.4 is 10.2 Å². The standard InChI is InChI=1S/C19H22N6O3/c1-12-17(13(2)21-19(20-12)25-8-6-24(3)7-9-25)22-18(26)14-11-16(28-23-14)15-5-4-10-27-15/h4-5,10-11H,6-9H2,1-3H3,(H,22,26). The SMILES string of the molecule is Cc1nc(N2CCN(C)CC2)nc(C)c1NC(=O)c1cc(-c2ccco2)on1. The number of hydrogen-bond acceptors (Lipinski definition) is 8. The minimum absolute atomic E-state index is 0.161. The Morgan fingerprint density at radius 3 is 2.46 bits per heavy atom. The highest BCUT2D eigenvalue weighted by Gasteiger charge is 2.21. The Morgan fingerprint density at radius 2 is 1.82 bits per heavy atom. The third kappa shape index (κ3) is 3.61. The summed E-state index contributed by atoms with van der Waals surface area (Å²) in [6, 6.07) is 5.02. The first-order valence-corrected chi connectivity index (χ1v) is 9.12. The Hall–Kier alpha value is -3.20. The smallest absolute Gasteiger partial charge is 0.277 e. The van der Waals surface area contributed by atoms with Crippen molar-refractivity contribution in [3.05, 3.63) is 41.5 Å². The van der Waals surface area contributed by atoms with E-state index in [1.54, 1.807) is 12.1 Å². The predicted molar refractivity (Wildman–Crippen MR) is 103 cm³/mol. The molecule has 1 aliphatic rings. The lowest BCUT2D eigenvalue weighted by molar-refractivity contribution is 0.101. The van der Waals surface area contributed by atoms with E-state index in [-0.39, 0.29) is 11.6 Å². The quantitative estimate of drug-likeness (QED) is 0.734. The minimum Gasteiger partial charge on any atom is -0.461 e. The van der Waals surface area contributed by atoms with Gasteiger partial charge < -0.3 is 24.1 Å². The van der Waals surface area contributed by atoms with Crippen LogP contribution in [0, 0.1) is 13.8 Å². The first kappa shape index (κ1) is 18.2. The van der Waals surface area contributed by atoms with Gasteiger partial charge in [0.05, 0.1) is 23.3 Å². The molecule has 0 aromatic carbocycles. The van der Waals surface area contributed by atoms with Crippen LogP contribution in [-0.4, -0.2) is 59.2 Å². The van der Waals surface area contributed by atoms with Crippen LogP contribution in [0.2, 0.25) is 0 Å². The maximum atomic E-state index is 12.6. The van der Waals surface area contributed by atoms with Crippen LogP contribution in [-0.2, 0) is 0 Å². The Morgan fingerprint density at radius 1 is 1.11 bits per heavy atom. The Bertz CT molecular complexity index is 950. The van der Waals surface area contributed by atoms with Crippen LogP contribution in [0.15, 0.2) is 33.4 Å². The topological polar surface area (TPSA) is 101 Å². The van der Waals surface area contributed by atoms with E-state index in [0.717, 1.165) is 26.2 Å². The summed E-state index contributed by atoms with van der Waals surface area (Å²) in [5.74, 6) is 1.22. The van der Waals surface area contributed by atoms with Gasteiger partial charge >= 0.3 is 0 Å². The first-order valence-electron chi connectivity index (χ1n) is 9.12. The molecule has 3 aromatic rings. The normalized spacial score (nSPS) is 15.0. The average Bonchev–Trinajstić information content (AvgIpc) is 3.36. The lowest BCUT2D eigenvalue weighted by atomic mass is 10.2. The van der Waals surface area contributed by atoms with Gasteiger partial charge in [-0.3, -0.25) is 4.79 Å². The van der Waals surface area contributed by atoms with Gasteiger partial charge in [-0.05, 0) is 33.0 Å². The van der Waals surface area contributed by atoms with E-state index < -0.39 is 0 Å². The number of nitrogens with one attached hydrogen (secondary N) is 1. The number of amides is 1. The molecule has 0 atom stereocenters. The molecule has 1 saturated heterocycles. The number of carbonyl (C=O) groups is 1. The number of hydrogen-bond donors (Lipinski definition) is 1. The third-order valence-corrected chi connectivity index (χ3v) is 4.79. The summed E-state index contributed by atoms with van der Waals surface area (Å²) in [6.45, 7) is 7.45. The van der Waals surface area contributed by atoms with Crippen LogP contribution >= 0.6 is 0 Å². The fourth-order valence-electron chi connectivity index (χ4n) is 3.12. The van der Waals surface area contributed by atoms with E-state index >= 15 is 0 Å². The Labute approximate surface area is 162 Å². The number of aromatic nitrogens is 3. The molecular formula is C19H22N6O3. The van der Waals surface area contributed by atoms with E-state index in [2.05, 4.69) is 37.3 Å². The van der Waals surface area contributed by atoms with Crippen molar-refractivity contribution >= 4 is 17.5 Å². The van der Waals surface area contributed by atoms with E-state index in [1.807, 2.05) is 13.8 Å². The summed E-state index contributed by atoms with van der Waals surface area (Å²) in [5, 5.41) is 6.67. The molecule has 1 aliphatic heterocycles. The van der Waals surface area contributed by atoms with Crippen LogP contribution in [0.5, 0.6) is 0 Å². The van der Waals surface area contributed by atoms with E-state index in [9.17, 15) is 4.79 Å². The highest BCUT2D eigenvalue weighted by molar-refractivity contribution is 6.03. The van der Waals surface area contributed by atoms with Crippen LogP contribution in [0.3, 0.4) is 0 Å². The lowest BCUT2D eigenvalue weighted by Crippen LogP contribution is -2.45. The zero-order valence-corrected chi connectivity index (χ0v) is 16.1. The van der Waals surface area contributed by atoms with Gasteiger partial charge in [0.15, 0.2) is 11.5 Å². The molecule has 1 N–H and O–H groups in total. The van der Waals surface area contributed by atoms with Crippen molar-refractivity contribution in [2.45, 2.75) is 13.8 Å². The second-order valence-electron chi connectivity index (χ2n) is 6.87. The fraction of sp³-hybridized carbons (Fsp3) is 0.368. The Balaban J connectivity index is 1.51. The van der Waals surface area contributed by atoms with Gasteiger partial charge in [0.2, 0.25) is 11.7 Å². The van der Waals surface area contributed by atoms with Crippen molar-refractivity contribution in [3.8, 4) is 11.5 Å². The molecule has 146 valence electrons. The summed E-state index contributed by atoms with van der Waals surface area (Å²) in [5.41, 5.74) is 2.17. The molecular weight excluding hydrogens is 360 g/mol. The second kappa shape index (κ2) is 7.43. The molecule has 0 saturated carbocycles. The number of nitrogens with zero attached hydrogens (tertiary/aromatic N) is 5. The molecule has 1 fully saturated rings. The number of rotatable bonds is 4. The molecule has 9 heteroatoms. The van der Waals surface area contributed by atoms with Gasteiger partial charge in [-0.2, -0.15) is 0 Å². The highest BCUT2D eigenvalue weighted by atomic mass is 16.5. The summed E-state index contributed by atoms with van der Waals surface area (Å²) < 4.78 is 10.4. The average molecular weight is 382 g/mol. The van der Waals surface area contributed by atoms with Crippen LogP contribution in [0.1, 0.15) is 21.9 Å². The number of anilines is 2. The molecule has 3 aromatic heterocycles. The summed E-state index contributed by atoms with van der Waals surface area (Å²) >= 11 is 0. The zero-order chi connectivity index (χ0) is 19.7. The maximum Gasteiger partial charge on any atom is 0.277 e. The Kier molecular flexibility index (Phi) is 4.82. The van der Waals surface area contributed by atoms with Gasteiger partial charge in [0.25, 0.3) is 5.91 Å². The highest BCUT2D eigenvalue weighted by Crippen LogP contribution is 2.24. The molecule has 9 nitrogen and oxygen atoms in total. The van der Waals surface area contributed by atoms with Gasteiger partial charge in [-0.25, -0.2) is 9.97 Å². The summed E-state index contributed by atoms with van der Waals surface area (Å²) in [7, 11) is 2.11. The van der Waals surface area contributed by atoms with Crippen molar-refractivity contribution in [2.24, 2.45) is 0 Å². The maximum absolute atomic E-state index is 12.6. The molecule has 0 bridgehead atoms. The van der Waals surface area contributed by atoms with E-state index in [0.29, 0.717) is 34.5 Å². The third-order valence-electron chi connectivity index (χ3n) is 4.79. The van der Waals surface area contributed by atoms with Crippen molar-refractivity contribution < 1.29 is 13.7 Å². The van der Waals surface area contributed by atoms with Crippen molar-refractivity contribution in [3.63, 3.8) is 0 Å². The largest absolute Gasteiger partial charge is 0.461 e. The summed E-state index contributed by atoms with van der Waals surface area (Å²) in [4.78, 5) is 26.2.